The van der Waals surface area contributed by atoms with Gasteiger partial charge in [0, 0.05) is 19.6 Å². The Bertz CT molecular complexity index is 760. The summed E-state index contributed by atoms with van der Waals surface area (Å²) in [6.07, 6.45) is 3.99. The Hall–Kier alpha value is -2.33. The average molecular weight is 381 g/mol. The zero-order valence-corrected chi connectivity index (χ0v) is 17.5. The topological polar surface area (TPSA) is 32.8 Å². The molecule has 28 heavy (non-hydrogen) atoms. The Balaban J connectivity index is 1.51. The van der Waals surface area contributed by atoms with Crippen LogP contribution in [0.25, 0.3) is 0 Å². The Morgan fingerprint density at radius 3 is 2.11 bits per heavy atom. The predicted octanol–water partition coefficient (Wildman–Crippen LogP) is 5.21. The highest BCUT2D eigenvalue weighted by atomic mass is 16.6. The molecule has 0 N–H and O–H groups in total. The third-order valence-corrected chi connectivity index (χ3v) is 5.71. The first kappa shape index (κ1) is 20.4. The lowest BCUT2D eigenvalue weighted by Crippen LogP contribution is -2.40. The molecule has 0 spiro atoms. The van der Waals surface area contributed by atoms with E-state index in [1.165, 1.54) is 11.1 Å². The maximum absolute atomic E-state index is 12.5. The molecule has 3 rings (SSSR count). The number of hydrogen-bond donors (Lipinski definition) is 0. The molecule has 150 valence electrons. The summed E-state index contributed by atoms with van der Waals surface area (Å²) in [5.74, 6) is 1.19. The van der Waals surface area contributed by atoms with Crippen molar-refractivity contribution in [3.63, 3.8) is 0 Å². The monoisotopic (exact) mass is 380 g/mol. The highest BCUT2D eigenvalue weighted by Crippen LogP contribution is 2.34. The first-order chi connectivity index (χ1) is 13.4. The zero-order valence-electron chi connectivity index (χ0n) is 17.5. The van der Waals surface area contributed by atoms with Gasteiger partial charge in [-0.25, -0.2) is 4.79 Å². The van der Waals surface area contributed by atoms with Crippen LogP contribution in [0.15, 0.2) is 48.5 Å². The summed E-state index contributed by atoms with van der Waals surface area (Å²) < 4.78 is 5.52. The van der Waals surface area contributed by atoms with E-state index in [1.54, 1.807) is 4.90 Å². The molecule has 2 aromatic rings. The molecule has 1 saturated carbocycles. The molecular formula is C24H32N2O2. The van der Waals surface area contributed by atoms with E-state index in [9.17, 15) is 4.79 Å². The minimum absolute atomic E-state index is 0.252. The molecule has 0 heterocycles. The Kier molecular flexibility index (Phi) is 6.74. The van der Waals surface area contributed by atoms with Crippen LogP contribution < -0.4 is 4.74 Å². The summed E-state index contributed by atoms with van der Waals surface area (Å²) in [6, 6.07) is 16.9. The van der Waals surface area contributed by atoms with E-state index in [0.29, 0.717) is 11.7 Å². The molecule has 1 amide bonds. The smallest absolute Gasteiger partial charge is 0.410 e. The summed E-state index contributed by atoms with van der Waals surface area (Å²) in [4.78, 5) is 16.4. The van der Waals surface area contributed by atoms with E-state index >= 15 is 0 Å². The molecule has 0 bridgehead atoms. The van der Waals surface area contributed by atoms with E-state index in [-0.39, 0.29) is 12.1 Å². The van der Waals surface area contributed by atoms with Crippen LogP contribution in [0.4, 0.5) is 4.79 Å². The van der Waals surface area contributed by atoms with E-state index in [4.69, 9.17) is 4.74 Å². The highest BCUT2D eigenvalue weighted by molar-refractivity contribution is 5.70. The minimum atomic E-state index is -0.264. The maximum atomic E-state index is 12.5. The number of aryl methyl sites for hydroxylation is 1. The van der Waals surface area contributed by atoms with Crippen LogP contribution in [0.5, 0.6) is 5.75 Å². The van der Waals surface area contributed by atoms with Crippen molar-refractivity contribution in [3.8, 4) is 5.75 Å². The number of amides is 1. The van der Waals surface area contributed by atoms with Crippen LogP contribution in [0.1, 0.15) is 48.3 Å². The van der Waals surface area contributed by atoms with Gasteiger partial charge in [0.25, 0.3) is 0 Å². The number of nitrogens with zero attached hydrogens (tertiary/aromatic N) is 2. The Morgan fingerprint density at radius 1 is 0.929 bits per heavy atom. The van der Waals surface area contributed by atoms with Crippen LogP contribution in [-0.2, 0) is 6.54 Å². The molecule has 1 fully saturated rings. The molecular weight excluding hydrogens is 348 g/mol. The highest BCUT2D eigenvalue weighted by Gasteiger charge is 2.28. The van der Waals surface area contributed by atoms with Crippen molar-refractivity contribution in [1.29, 1.82) is 0 Å². The minimum Gasteiger partial charge on any atom is -0.410 e. The van der Waals surface area contributed by atoms with Gasteiger partial charge >= 0.3 is 6.09 Å². The normalized spacial score (nSPS) is 19.5. The second-order valence-electron chi connectivity index (χ2n) is 8.28. The van der Waals surface area contributed by atoms with Crippen molar-refractivity contribution in [3.05, 3.63) is 65.2 Å². The van der Waals surface area contributed by atoms with Gasteiger partial charge in [0.15, 0.2) is 0 Å². The van der Waals surface area contributed by atoms with Crippen molar-refractivity contribution in [2.45, 2.75) is 51.1 Å². The van der Waals surface area contributed by atoms with Gasteiger partial charge in [-0.15, -0.1) is 0 Å². The molecule has 1 aliphatic rings. The predicted molar refractivity (Wildman–Crippen MR) is 114 cm³/mol. The third kappa shape index (κ3) is 5.35. The molecule has 4 nitrogen and oxygen atoms in total. The summed E-state index contributed by atoms with van der Waals surface area (Å²) >= 11 is 0. The first-order valence-electron chi connectivity index (χ1n) is 10.2. The van der Waals surface area contributed by atoms with Crippen molar-refractivity contribution in [2.75, 3.05) is 21.1 Å². The van der Waals surface area contributed by atoms with Gasteiger partial charge in [-0.05, 0) is 75.9 Å². The number of hydrogen-bond acceptors (Lipinski definition) is 3. The van der Waals surface area contributed by atoms with Crippen LogP contribution in [0.2, 0.25) is 0 Å². The fraction of sp³-hybridized carbons (Fsp3) is 0.458. The fourth-order valence-electron chi connectivity index (χ4n) is 3.99. The Labute approximate surface area is 169 Å². The second-order valence-corrected chi connectivity index (χ2v) is 8.28. The number of ether oxygens (including phenoxy) is 1. The summed E-state index contributed by atoms with van der Waals surface area (Å²) in [5, 5.41) is 0. The van der Waals surface area contributed by atoms with Crippen LogP contribution in [0, 0.1) is 6.92 Å². The van der Waals surface area contributed by atoms with Gasteiger partial charge < -0.3 is 14.5 Å². The summed E-state index contributed by atoms with van der Waals surface area (Å²) in [7, 11) is 6.04. The molecule has 2 aromatic carbocycles. The quantitative estimate of drug-likeness (QED) is 0.713. The zero-order chi connectivity index (χ0) is 20.1. The summed E-state index contributed by atoms with van der Waals surface area (Å²) in [6.45, 7) is 2.99. The van der Waals surface area contributed by atoms with Crippen LogP contribution in [0.3, 0.4) is 0 Å². The molecule has 0 saturated heterocycles. The SMILES string of the molecule is Cc1ccc(OC(=O)N(C)[C@H]2CC[C@H](c3ccc(CN(C)C)cc3)CC2)cc1. The van der Waals surface area contributed by atoms with Crippen molar-refractivity contribution < 1.29 is 9.53 Å². The van der Waals surface area contributed by atoms with E-state index in [2.05, 4.69) is 43.3 Å². The van der Waals surface area contributed by atoms with Crippen molar-refractivity contribution in [2.24, 2.45) is 0 Å². The fourth-order valence-corrected chi connectivity index (χ4v) is 3.99. The number of carbonyl (C=O) groups excluding carboxylic acids is 1. The standard InChI is InChI=1S/C24H32N2O2/c1-18-5-15-23(16-6-18)28-24(27)26(4)22-13-11-21(12-14-22)20-9-7-19(8-10-20)17-25(2)3/h5-10,15-16,21-22H,11-14,17H2,1-4H3/t21-,22-. The molecule has 0 aromatic heterocycles. The van der Waals surface area contributed by atoms with Crippen molar-refractivity contribution in [1.82, 2.24) is 9.80 Å². The van der Waals surface area contributed by atoms with Gasteiger partial charge in [-0.1, -0.05) is 42.0 Å². The average Bonchev–Trinajstić information content (AvgIpc) is 2.69. The lowest BCUT2D eigenvalue weighted by molar-refractivity contribution is 0.130. The molecule has 4 heteroatoms. The molecule has 0 atom stereocenters. The lowest BCUT2D eigenvalue weighted by atomic mass is 9.81. The van der Waals surface area contributed by atoms with E-state index in [1.807, 2.05) is 38.2 Å². The molecule has 0 radical (unpaired) electrons. The van der Waals surface area contributed by atoms with Gasteiger partial charge in [0.05, 0.1) is 0 Å². The molecule has 0 aliphatic heterocycles. The second kappa shape index (κ2) is 9.24. The summed E-state index contributed by atoms with van der Waals surface area (Å²) in [5.41, 5.74) is 3.92. The van der Waals surface area contributed by atoms with Gasteiger partial charge in [0.1, 0.15) is 5.75 Å². The van der Waals surface area contributed by atoms with Gasteiger partial charge in [-0.3, -0.25) is 0 Å². The number of rotatable bonds is 5. The maximum Gasteiger partial charge on any atom is 0.415 e. The van der Waals surface area contributed by atoms with E-state index < -0.39 is 0 Å². The molecule has 1 aliphatic carbocycles. The first-order valence-corrected chi connectivity index (χ1v) is 10.2. The van der Waals surface area contributed by atoms with Crippen LogP contribution >= 0.6 is 0 Å². The molecule has 0 unspecified atom stereocenters. The third-order valence-electron chi connectivity index (χ3n) is 5.71. The Morgan fingerprint density at radius 2 is 1.54 bits per heavy atom. The number of benzene rings is 2. The largest absolute Gasteiger partial charge is 0.415 e. The lowest BCUT2D eigenvalue weighted by Gasteiger charge is -2.34. The number of carbonyl (C=O) groups is 1. The van der Waals surface area contributed by atoms with Gasteiger partial charge in [-0.2, -0.15) is 0 Å². The van der Waals surface area contributed by atoms with Crippen molar-refractivity contribution >= 4 is 6.09 Å². The van der Waals surface area contributed by atoms with E-state index in [0.717, 1.165) is 37.8 Å². The van der Waals surface area contributed by atoms with Gasteiger partial charge in [0.2, 0.25) is 0 Å². The van der Waals surface area contributed by atoms with Crippen LogP contribution in [-0.4, -0.2) is 43.1 Å².